The predicted octanol–water partition coefficient (Wildman–Crippen LogP) is 2.42. The Hall–Kier alpha value is -2.42. The normalized spacial score (nSPS) is 16.9. The summed E-state index contributed by atoms with van der Waals surface area (Å²) in [7, 11) is -3.56. The highest BCUT2D eigenvalue weighted by Gasteiger charge is 2.31. The fraction of sp³-hybridized carbons (Fsp3) is 0.381. The van der Waals surface area contributed by atoms with Crippen LogP contribution >= 0.6 is 0 Å². The van der Waals surface area contributed by atoms with Crippen LogP contribution in [0.2, 0.25) is 0 Å². The number of ether oxygens (including phenoxy) is 1. The van der Waals surface area contributed by atoms with Crippen LogP contribution in [0.25, 0.3) is 0 Å². The van der Waals surface area contributed by atoms with E-state index in [2.05, 4.69) is 5.32 Å². The van der Waals surface area contributed by atoms with Gasteiger partial charge in [0.1, 0.15) is 5.75 Å². The minimum absolute atomic E-state index is 0.0981. The molecule has 1 saturated heterocycles. The Labute approximate surface area is 172 Å². The number of carbonyl (C=O) groups is 1. The summed E-state index contributed by atoms with van der Waals surface area (Å²) in [5, 5.41) is 2.90. The highest BCUT2D eigenvalue weighted by Crippen LogP contribution is 2.21. The van der Waals surface area contributed by atoms with Crippen molar-refractivity contribution < 1.29 is 17.9 Å². The van der Waals surface area contributed by atoms with Crippen LogP contribution in [0, 0.1) is 0 Å². The van der Waals surface area contributed by atoms with Crippen molar-refractivity contribution >= 4 is 21.6 Å². The van der Waals surface area contributed by atoms with Crippen LogP contribution in [0.3, 0.4) is 0 Å². The Morgan fingerprint density at radius 1 is 1.03 bits per heavy atom. The predicted molar refractivity (Wildman–Crippen MR) is 112 cm³/mol. The number of hydrogen-bond acceptors (Lipinski definition) is 5. The smallest absolute Gasteiger partial charge is 0.243 e. The Balaban J connectivity index is 1.58. The van der Waals surface area contributed by atoms with Gasteiger partial charge >= 0.3 is 0 Å². The maximum atomic E-state index is 12.9. The second kappa shape index (κ2) is 9.39. The third-order valence-electron chi connectivity index (χ3n) is 5.01. The van der Waals surface area contributed by atoms with Gasteiger partial charge in [-0.3, -0.25) is 9.69 Å². The maximum absolute atomic E-state index is 12.9. The summed E-state index contributed by atoms with van der Waals surface area (Å²) in [6.07, 6.45) is 0. The van der Waals surface area contributed by atoms with Gasteiger partial charge in [-0.25, -0.2) is 8.42 Å². The van der Waals surface area contributed by atoms with Crippen molar-refractivity contribution in [2.24, 2.45) is 0 Å². The number of nitrogens with zero attached hydrogens (tertiary/aromatic N) is 2. The lowest BCUT2D eigenvalue weighted by Crippen LogP contribution is -2.53. The highest BCUT2D eigenvalue weighted by atomic mass is 32.2. The molecule has 1 atom stereocenters. The molecular weight excluding hydrogens is 390 g/mol. The number of rotatable bonds is 7. The number of hydrogen-bond donors (Lipinski definition) is 1. The first-order valence-corrected chi connectivity index (χ1v) is 11.2. The Kier molecular flexibility index (Phi) is 6.89. The molecule has 2 aromatic carbocycles. The topological polar surface area (TPSA) is 79.0 Å². The van der Waals surface area contributed by atoms with Gasteiger partial charge in [-0.05, 0) is 50.2 Å². The van der Waals surface area contributed by atoms with E-state index in [0.717, 1.165) is 5.69 Å². The summed E-state index contributed by atoms with van der Waals surface area (Å²) >= 11 is 0. The molecule has 1 fully saturated rings. The van der Waals surface area contributed by atoms with Crippen LogP contribution in [-0.4, -0.2) is 62.4 Å². The Bertz CT molecular complexity index is 909. The van der Waals surface area contributed by atoms with E-state index in [9.17, 15) is 13.2 Å². The van der Waals surface area contributed by atoms with Crippen molar-refractivity contribution in [2.75, 3.05) is 38.1 Å². The van der Waals surface area contributed by atoms with Crippen molar-refractivity contribution in [1.29, 1.82) is 0 Å². The van der Waals surface area contributed by atoms with Gasteiger partial charge in [-0.15, -0.1) is 0 Å². The van der Waals surface area contributed by atoms with Gasteiger partial charge in [0.15, 0.2) is 0 Å². The molecule has 8 heteroatoms. The molecule has 0 aliphatic carbocycles. The largest absolute Gasteiger partial charge is 0.494 e. The zero-order chi connectivity index (χ0) is 20.9. The number of anilines is 1. The molecule has 0 spiro atoms. The molecule has 29 heavy (non-hydrogen) atoms. The second-order valence-corrected chi connectivity index (χ2v) is 8.81. The summed E-state index contributed by atoms with van der Waals surface area (Å²) in [4.78, 5) is 14.8. The summed E-state index contributed by atoms with van der Waals surface area (Å²) in [6.45, 7) is 5.94. The summed E-state index contributed by atoms with van der Waals surface area (Å²) < 4.78 is 32.6. The van der Waals surface area contributed by atoms with E-state index in [4.69, 9.17) is 4.74 Å². The Morgan fingerprint density at radius 2 is 1.66 bits per heavy atom. The highest BCUT2D eigenvalue weighted by molar-refractivity contribution is 7.89. The summed E-state index contributed by atoms with van der Waals surface area (Å²) in [5.74, 6) is 0.550. The molecule has 156 valence electrons. The van der Waals surface area contributed by atoms with E-state index in [0.29, 0.717) is 38.5 Å². The molecule has 1 aliphatic rings. The van der Waals surface area contributed by atoms with Gasteiger partial charge in [0.2, 0.25) is 15.9 Å². The van der Waals surface area contributed by atoms with Gasteiger partial charge in [-0.1, -0.05) is 18.2 Å². The van der Waals surface area contributed by atoms with Gasteiger partial charge < -0.3 is 10.1 Å². The van der Waals surface area contributed by atoms with Crippen LogP contribution in [0.4, 0.5) is 5.69 Å². The molecule has 0 unspecified atom stereocenters. The minimum atomic E-state index is -3.56. The molecule has 1 heterocycles. The molecular formula is C21H27N3O4S. The van der Waals surface area contributed by atoms with Gasteiger partial charge in [0.05, 0.1) is 17.5 Å². The molecule has 1 N–H and O–H groups in total. The summed E-state index contributed by atoms with van der Waals surface area (Å²) in [5.41, 5.74) is 0.751. The maximum Gasteiger partial charge on any atom is 0.243 e. The van der Waals surface area contributed by atoms with Crippen LogP contribution in [0.15, 0.2) is 59.5 Å². The van der Waals surface area contributed by atoms with Gasteiger partial charge in [0, 0.05) is 31.9 Å². The van der Waals surface area contributed by atoms with E-state index in [1.165, 1.54) is 4.31 Å². The van der Waals surface area contributed by atoms with Crippen molar-refractivity contribution in [3.8, 4) is 5.75 Å². The van der Waals surface area contributed by atoms with Crippen LogP contribution < -0.4 is 10.1 Å². The fourth-order valence-electron chi connectivity index (χ4n) is 3.29. The monoisotopic (exact) mass is 417 g/mol. The quantitative estimate of drug-likeness (QED) is 0.749. The van der Waals surface area contributed by atoms with Crippen LogP contribution in [-0.2, 0) is 14.8 Å². The first-order valence-electron chi connectivity index (χ1n) is 9.75. The average molecular weight is 418 g/mol. The van der Waals surface area contributed by atoms with Gasteiger partial charge in [-0.2, -0.15) is 4.31 Å². The molecule has 3 rings (SSSR count). The Morgan fingerprint density at radius 3 is 2.24 bits per heavy atom. The lowest BCUT2D eigenvalue weighted by atomic mass is 10.2. The first-order chi connectivity index (χ1) is 13.9. The standard InChI is InChI=1S/C21H27N3O4S/c1-3-28-19-9-11-20(12-10-19)29(26,27)24-15-13-23(14-16-24)17(2)21(25)22-18-7-5-4-6-8-18/h4-12,17H,3,13-16H2,1-2H3,(H,22,25)/t17-/m1/s1. The number of carbonyl (C=O) groups excluding carboxylic acids is 1. The number of amides is 1. The van der Waals surface area contributed by atoms with Crippen LogP contribution in [0.1, 0.15) is 13.8 Å². The van der Waals surface area contributed by atoms with E-state index in [-0.39, 0.29) is 16.8 Å². The molecule has 0 radical (unpaired) electrons. The third kappa shape index (κ3) is 5.14. The van der Waals surface area contributed by atoms with Crippen molar-refractivity contribution in [2.45, 2.75) is 24.8 Å². The zero-order valence-electron chi connectivity index (χ0n) is 16.7. The van der Waals surface area contributed by atoms with Crippen molar-refractivity contribution in [1.82, 2.24) is 9.21 Å². The molecule has 1 aliphatic heterocycles. The van der Waals surface area contributed by atoms with E-state index < -0.39 is 10.0 Å². The molecule has 2 aromatic rings. The third-order valence-corrected chi connectivity index (χ3v) is 6.93. The summed E-state index contributed by atoms with van der Waals surface area (Å²) in [6, 6.07) is 15.4. The lowest BCUT2D eigenvalue weighted by molar-refractivity contribution is -0.121. The average Bonchev–Trinajstić information content (AvgIpc) is 2.74. The lowest BCUT2D eigenvalue weighted by Gasteiger charge is -2.36. The molecule has 1 amide bonds. The number of benzene rings is 2. The number of nitrogens with one attached hydrogen (secondary N) is 1. The number of piperazine rings is 1. The van der Waals surface area contributed by atoms with Crippen molar-refractivity contribution in [3.05, 3.63) is 54.6 Å². The SMILES string of the molecule is CCOc1ccc(S(=O)(=O)N2CCN([C@H](C)C(=O)Nc3ccccc3)CC2)cc1. The van der Waals surface area contributed by atoms with E-state index >= 15 is 0 Å². The minimum Gasteiger partial charge on any atom is -0.494 e. The van der Waals surface area contributed by atoms with Crippen molar-refractivity contribution in [3.63, 3.8) is 0 Å². The van der Waals surface area contributed by atoms with Crippen LogP contribution in [0.5, 0.6) is 5.75 Å². The molecule has 0 saturated carbocycles. The molecule has 0 aromatic heterocycles. The number of para-hydroxylation sites is 1. The number of sulfonamides is 1. The van der Waals surface area contributed by atoms with E-state index in [1.807, 2.05) is 49.1 Å². The molecule has 0 bridgehead atoms. The fourth-order valence-corrected chi connectivity index (χ4v) is 4.71. The zero-order valence-corrected chi connectivity index (χ0v) is 17.6. The first kappa shape index (κ1) is 21.3. The van der Waals surface area contributed by atoms with E-state index in [1.54, 1.807) is 24.3 Å². The van der Waals surface area contributed by atoms with Gasteiger partial charge in [0.25, 0.3) is 0 Å². The molecule has 7 nitrogen and oxygen atoms in total. The second-order valence-electron chi connectivity index (χ2n) is 6.88.